The average Bonchev–Trinajstić information content (AvgIpc) is 2.55. The minimum atomic E-state index is -0.157. The molecule has 0 spiro atoms. The second-order valence-electron chi connectivity index (χ2n) is 4.79. The minimum absolute atomic E-state index is 0.157. The lowest BCUT2D eigenvalue weighted by Crippen LogP contribution is -2.47. The van der Waals surface area contributed by atoms with Gasteiger partial charge in [-0.3, -0.25) is 0 Å². The van der Waals surface area contributed by atoms with E-state index in [-0.39, 0.29) is 6.61 Å². The number of aliphatic hydroxyl groups is 1. The lowest BCUT2D eigenvalue weighted by atomic mass is 10.2. The molecule has 0 unspecified atom stereocenters. The van der Waals surface area contributed by atoms with Gasteiger partial charge in [0.05, 0.1) is 12.2 Å². The molecule has 0 radical (unpaired) electrons. The van der Waals surface area contributed by atoms with E-state index in [1.54, 1.807) is 6.20 Å². The third kappa shape index (κ3) is 2.91. The predicted octanol–water partition coefficient (Wildman–Crippen LogP) is 1.34. The highest BCUT2D eigenvalue weighted by molar-refractivity contribution is 6.30. The first-order valence-corrected chi connectivity index (χ1v) is 7.18. The summed E-state index contributed by atoms with van der Waals surface area (Å²) in [7, 11) is 0. The molecule has 3 rings (SSSR count). The Labute approximate surface area is 128 Å². The Kier molecular flexibility index (Phi) is 4.17. The van der Waals surface area contributed by atoms with Crippen LogP contribution >= 0.6 is 11.6 Å². The Balaban J connectivity index is 1.73. The number of rotatable bonds is 3. The third-order valence-electron chi connectivity index (χ3n) is 3.58. The molecule has 0 amide bonds. The fourth-order valence-electron chi connectivity index (χ4n) is 2.48. The molecule has 1 fully saturated rings. The molecule has 0 bridgehead atoms. The number of halogens is 1. The highest BCUT2D eigenvalue weighted by Crippen LogP contribution is 2.25. The van der Waals surface area contributed by atoms with Crippen molar-refractivity contribution in [2.24, 2.45) is 0 Å². The van der Waals surface area contributed by atoms with Gasteiger partial charge in [-0.1, -0.05) is 17.7 Å². The van der Waals surface area contributed by atoms with Crippen molar-refractivity contribution in [1.82, 2.24) is 15.0 Å². The van der Waals surface area contributed by atoms with Crippen LogP contribution in [0.2, 0.25) is 5.15 Å². The van der Waals surface area contributed by atoms with Crippen LogP contribution in [0.1, 0.15) is 5.56 Å². The van der Waals surface area contributed by atoms with Gasteiger partial charge >= 0.3 is 0 Å². The fraction of sp³-hybridized carbons (Fsp3) is 0.357. The molecule has 0 aromatic carbocycles. The Bertz CT molecular complexity index is 602. The largest absolute Gasteiger partial charge is 0.391 e. The van der Waals surface area contributed by atoms with Crippen LogP contribution in [0.4, 0.5) is 11.6 Å². The van der Waals surface area contributed by atoms with E-state index < -0.39 is 0 Å². The van der Waals surface area contributed by atoms with Crippen molar-refractivity contribution in [2.75, 3.05) is 36.0 Å². The van der Waals surface area contributed by atoms with Crippen molar-refractivity contribution < 1.29 is 5.11 Å². The summed E-state index contributed by atoms with van der Waals surface area (Å²) >= 11 is 6.02. The third-order valence-corrected chi connectivity index (χ3v) is 3.91. The van der Waals surface area contributed by atoms with E-state index >= 15 is 0 Å². The lowest BCUT2D eigenvalue weighted by molar-refractivity contribution is 0.281. The first-order chi connectivity index (χ1) is 10.3. The van der Waals surface area contributed by atoms with Gasteiger partial charge in [0, 0.05) is 32.4 Å². The molecule has 1 N–H and O–H groups in total. The van der Waals surface area contributed by atoms with Crippen LogP contribution in [0.25, 0.3) is 0 Å². The zero-order chi connectivity index (χ0) is 14.7. The monoisotopic (exact) mass is 305 g/mol. The molecule has 0 aliphatic carbocycles. The number of pyridine rings is 1. The molecule has 1 saturated heterocycles. The van der Waals surface area contributed by atoms with E-state index in [9.17, 15) is 5.11 Å². The number of aromatic nitrogens is 3. The number of hydrogen-bond donors (Lipinski definition) is 1. The van der Waals surface area contributed by atoms with E-state index in [4.69, 9.17) is 11.6 Å². The Morgan fingerprint density at radius 2 is 1.81 bits per heavy atom. The quantitative estimate of drug-likeness (QED) is 0.864. The van der Waals surface area contributed by atoms with Crippen LogP contribution in [0.3, 0.4) is 0 Å². The summed E-state index contributed by atoms with van der Waals surface area (Å²) in [4.78, 5) is 16.9. The Morgan fingerprint density at radius 1 is 1.05 bits per heavy atom. The molecule has 1 aliphatic rings. The summed E-state index contributed by atoms with van der Waals surface area (Å²) in [6.45, 7) is 3.15. The van der Waals surface area contributed by atoms with Crippen LogP contribution in [-0.4, -0.2) is 46.2 Å². The standard InChI is InChI=1S/C14H16ClN5O/c15-13-11(9-21)14(18-10-17-13)20-7-5-19(6-8-20)12-3-1-2-4-16-12/h1-4,10,21H,5-9H2. The Hall–Kier alpha value is -1.92. The SMILES string of the molecule is OCc1c(Cl)ncnc1N1CCN(c2ccccn2)CC1. The second-order valence-corrected chi connectivity index (χ2v) is 5.14. The van der Waals surface area contributed by atoms with E-state index in [1.165, 1.54) is 6.33 Å². The molecule has 2 aromatic heterocycles. The van der Waals surface area contributed by atoms with E-state index in [1.807, 2.05) is 18.2 Å². The molecule has 6 nitrogen and oxygen atoms in total. The van der Waals surface area contributed by atoms with Gasteiger partial charge in [-0.25, -0.2) is 15.0 Å². The Morgan fingerprint density at radius 3 is 2.48 bits per heavy atom. The number of anilines is 2. The highest BCUT2D eigenvalue weighted by Gasteiger charge is 2.22. The molecule has 3 heterocycles. The lowest BCUT2D eigenvalue weighted by Gasteiger charge is -2.36. The van der Waals surface area contributed by atoms with Gasteiger partial charge < -0.3 is 14.9 Å². The molecule has 2 aromatic rings. The topological polar surface area (TPSA) is 65.4 Å². The second kappa shape index (κ2) is 6.24. The van der Waals surface area contributed by atoms with Gasteiger partial charge in [0.1, 0.15) is 23.1 Å². The van der Waals surface area contributed by atoms with Crippen LogP contribution in [0.5, 0.6) is 0 Å². The van der Waals surface area contributed by atoms with Gasteiger partial charge in [0.25, 0.3) is 0 Å². The molecule has 0 saturated carbocycles. The molecule has 1 aliphatic heterocycles. The van der Waals surface area contributed by atoms with Gasteiger partial charge in [0.2, 0.25) is 0 Å². The number of nitrogens with zero attached hydrogens (tertiary/aromatic N) is 5. The molecular formula is C14H16ClN5O. The molecule has 7 heteroatoms. The smallest absolute Gasteiger partial charge is 0.140 e. The van der Waals surface area contributed by atoms with Crippen LogP contribution < -0.4 is 9.80 Å². The minimum Gasteiger partial charge on any atom is -0.391 e. The normalized spacial score (nSPS) is 15.3. The van der Waals surface area contributed by atoms with Crippen LogP contribution in [0.15, 0.2) is 30.7 Å². The maximum Gasteiger partial charge on any atom is 0.140 e. The summed E-state index contributed by atoms with van der Waals surface area (Å²) in [5, 5.41) is 9.76. The fourth-order valence-corrected chi connectivity index (χ4v) is 2.67. The molecular weight excluding hydrogens is 290 g/mol. The van der Waals surface area contributed by atoms with Crippen LogP contribution in [-0.2, 0) is 6.61 Å². The van der Waals surface area contributed by atoms with Gasteiger partial charge in [0.15, 0.2) is 0 Å². The van der Waals surface area contributed by atoms with Crippen molar-refractivity contribution in [2.45, 2.75) is 6.61 Å². The summed E-state index contributed by atoms with van der Waals surface area (Å²) in [6.07, 6.45) is 3.23. The summed E-state index contributed by atoms with van der Waals surface area (Å²) < 4.78 is 0. The highest BCUT2D eigenvalue weighted by atomic mass is 35.5. The molecule has 21 heavy (non-hydrogen) atoms. The van der Waals surface area contributed by atoms with E-state index in [0.717, 1.165) is 37.8 Å². The van der Waals surface area contributed by atoms with Crippen molar-refractivity contribution in [3.63, 3.8) is 0 Å². The molecule has 0 atom stereocenters. The number of aliphatic hydroxyl groups excluding tert-OH is 1. The maximum absolute atomic E-state index is 9.45. The van der Waals surface area contributed by atoms with E-state index in [0.29, 0.717) is 10.7 Å². The zero-order valence-electron chi connectivity index (χ0n) is 11.5. The first-order valence-electron chi connectivity index (χ1n) is 6.80. The van der Waals surface area contributed by atoms with Crippen molar-refractivity contribution in [1.29, 1.82) is 0 Å². The average molecular weight is 306 g/mol. The first kappa shape index (κ1) is 14.0. The predicted molar refractivity (Wildman–Crippen MR) is 81.6 cm³/mol. The molecule has 110 valence electrons. The summed E-state index contributed by atoms with van der Waals surface area (Å²) in [5.74, 6) is 1.71. The van der Waals surface area contributed by atoms with E-state index in [2.05, 4.69) is 24.8 Å². The summed E-state index contributed by atoms with van der Waals surface area (Å²) in [6, 6.07) is 5.91. The number of hydrogen-bond acceptors (Lipinski definition) is 6. The van der Waals surface area contributed by atoms with Gasteiger partial charge in [-0.2, -0.15) is 0 Å². The zero-order valence-corrected chi connectivity index (χ0v) is 12.2. The van der Waals surface area contributed by atoms with Crippen molar-refractivity contribution in [3.05, 3.63) is 41.4 Å². The van der Waals surface area contributed by atoms with Crippen molar-refractivity contribution in [3.8, 4) is 0 Å². The maximum atomic E-state index is 9.45. The van der Waals surface area contributed by atoms with Gasteiger partial charge in [-0.15, -0.1) is 0 Å². The number of piperazine rings is 1. The van der Waals surface area contributed by atoms with Crippen molar-refractivity contribution >= 4 is 23.2 Å². The summed E-state index contributed by atoms with van der Waals surface area (Å²) in [5.41, 5.74) is 0.588. The van der Waals surface area contributed by atoms with Crippen LogP contribution in [0, 0.1) is 0 Å². The van der Waals surface area contributed by atoms with Gasteiger partial charge in [-0.05, 0) is 12.1 Å².